The van der Waals surface area contributed by atoms with Gasteiger partial charge in [0.2, 0.25) is 0 Å². The van der Waals surface area contributed by atoms with Crippen LogP contribution in [0.15, 0.2) is 94.3 Å². The van der Waals surface area contributed by atoms with Crippen LogP contribution >= 0.6 is 11.6 Å². The first-order chi connectivity index (χ1) is 12.8. The molecule has 0 radical (unpaired) electrons. The predicted octanol–water partition coefficient (Wildman–Crippen LogP) is 5.90. The molecule has 128 valence electrons. The minimum absolute atomic E-state index is 0.680. The molecule has 2 nitrogen and oxygen atoms in total. The number of hydrogen-bond acceptors (Lipinski definition) is 2. The fraction of sp³-hybridized carbons (Fsp3) is 0.0870. The maximum Gasteiger partial charge on any atom is 0.136 e. The summed E-state index contributed by atoms with van der Waals surface area (Å²) in [6.07, 6.45) is 0.898. The molecule has 26 heavy (non-hydrogen) atoms. The van der Waals surface area contributed by atoms with Gasteiger partial charge in [-0.15, -0.1) is 0 Å². The molecule has 0 aliphatic rings. The molecule has 0 amide bonds. The van der Waals surface area contributed by atoms with Crippen LogP contribution in [0.25, 0.3) is 22.3 Å². The van der Waals surface area contributed by atoms with Gasteiger partial charge in [-0.3, -0.25) is 4.99 Å². The van der Waals surface area contributed by atoms with E-state index in [1.165, 1.54) is 5.56 Å². The van der Waals surface area contributed by atoms with Crippen molar-refractivity contribution in [1.29, 1.82) is 0 Å². The van der Waals surface area contributed by atoms with Gasteiger partial charge in [-0.05, 0) is 30.2 Å². The summed E-state index contributed by atoms with van der Waals surface area (Å²) in [5.41, 5.74) is 3.10. The average Bonchev–Trinajstić information content (AvgIpc) is 2.69. The number of nitrogens with zero attached hydrogens (tertiary/aromatic N) is 1. The Hall–Kier alpha value is -2.84. The van der Waals surface area contributed by atoms with Gasteiger partial charge < -0.3 is 4.42 Å². The quantitative estimate of drug-likeness (QED) is 0.445. The second-order valence-corrected chi connectivity index (χ2v) is 6.56. The first-order valence-electron chi connectivity index (χ1n) is 8.63. The Kier molecular flexibility index (Phi) is 4.85. The molecule has 0 unspecified atom stereocenters. The fourth-order valence-electron chi connectivity index (χ4n) is 2.97. The summed E-state index contributed by atoms with van der Waals surface area (Å²) < 4.78 is 6.09. The van der Waals surface area contributed by atoms with Gasteiger partial charge in [0.1, 0.15) is 11.3 Å². The second kappa shape index (κ2) is 7.59. The molecule has 3 aromatic carbocycles. The second-order valence-electron chi connectivity index (χ2n) is 6.12. The van der Waals surface area contributed by atoms with Crippen LogP contribution in [-0.2, 0) is 6.42 Å². The number of fused-ring (bicyclic) bond motifs is 1. The number of rotatable bonds is 4. The fourth-order valence-corrected chi connectivity index (χ4v) is 3.14. The summed E-state index contributed by atoms with van der Waals surface area (Å²) in [6, 6.07) is 28.1. The SMILES string of the molecule is Clc1ccc2oc(-c3ccccc3)cc(=NCCc3ccccc3)c2c1. The first-order valence-corrected chi connectivity index (χ1v) is 9.01. The molecule has 1 heterocycles. The lowest BCUT2D eigenvalue weighted by molar-refractivity contribution is 0.618. The van der Waals surface area contributed by atoms with Gasteiger partial charge >= 0.3 is 0 Å². The van der Waals surface area contributed by atoms with Crippen molar-refractivity contribution >= 4 is 22.6 Å². The Morgan fingerprint density at radius 3 is 2.31 bits per heavy atom. The van der Waals surface area contributed by atoms with Gasteiger partial charge in [0.15, 0.2) is 0 Å². The maximum atomic E-state index is 6.19. The molecule has 0 aliphatic carbocycles. The zero-order chi connectivity index (χ0) is 17.8. The Balaban J connectivity index is 1.78. The smallest absolute Gasteiger partial charge is 0.136 e. The van der Waals surface area contributed by atoms with E-state index in [2.05, 4.69) is 24.3 Å². The van der Waals surface area contributed by atoms with Crippen LogP contribution in [-0.4, -0.2) is 6.54 Å². The Bertz CT molecular complexity index is 1090. The van der Waals surface area contributed by atoms with E-state index in [4.69, 9.17) is 21.0 Å². The number of hydrogen-bond donors (Lipinski definition) is 0. The van der Waals surface area contributed by atoms with Gasteiger partial charge in [0.25, 0.3) is 0 Å². The van der Waals surface area contributed by atoms with E-state index >= 15 is 0 Å². The van der Waals surface area contributed by atoms with Crippen molar-refractivity contribution in [2.75, 3.05) is 6.54 Å². The van der Waals surface area contributed by atoms with Crippen molar-refractivity contribution in [2.45, 2.75) is 6.42 Å². The predicted molar refractivity (Wildman–Crippen MR) is 107 cm³/mol. The molecular weight excluding hydrogens is 342 g/mol. The summed E-state index contributed by atoms with van der Waals surface area (Å²) in [5, 5.41) is 2.52. The van der Waals surface area contributed by atoms with Crippen molar-refractivity contribution in [3.05, 3.63) is 101 Å². The monoisotopic (exact) mass is 359 g/mol. The third-order valence-electron chi connectivity index (χ3n) is 4.29. The molecule has 4 rings (SSSR count). The Morgan fingerprint density at radius 1 is 0.808 bits per heavy atom. The summed E-state index contributed by atoms with van der Waals surface area (Å²) in [5.74, 6) is 0.805. The topological polar surface area (TPSA) is 25.5 Å². The third kappa shape index (κ3) is 3.71. The van der Waals surface area contributed by atoms with E-state index in [0.717, 1.165) is 34.1 Å². The lowest BCUT2D eigenvalue weighted by Crippen LogP contribution is -2.06. The molecule has 4 aromatic rings. The molecule has 0 N–H and O–H groups in total. The zero-order valence-corrected chi connectivity index (χ0v) is 15.0. The van der Waals surface area contributed by atoms with Crippen molar-refractivity contribution in [1.82, 2.24) is 0 Å². The van der Waals surface area contributed by atoms with Crippen molar-refractivity contribution in [3.8, 4) is 11.3 Å². The molecular formula is C23H18ClNO. The standard InChI is InChI=1S/C23H18ClNO/c24-19-11-12-22-20(15-19)21(25-14-13-17-7-3-1-4-8-17)16-23(26-22)18-9-5-2-6-10-18/h1-12,15-16H,13-14H2. The first kappa shape index (κ1) is 16.6. The lowest BCUT2D eigenvalue weighted by Gasteiger charge is -2.05. The van der Waals surface area contributed by atoms with Crippen molar-refractivity contribution in [3.63, 3.8) is 0 Å². The number of benzene rings is 3. The number of halogens is 1. The minimum atomic E-state index is 0.680. The maximum absolute atomic E-state index is 6.19. The van der Waals surface area contributed by atoms with Crippen LogP contribution in [0.5, 0.6) is 0 Å². The van der Waals surface area contributed by atoms with E-state index < -0.39 is 0 Å². The summed E-state index contributed by atoms with van der Waals surface area (Å²) in [7, 11) is 0. The highest BCUT2D eigenvalue weighted by atomic mass is 35.5. The van der Waals surface area contributed by atoms with Gasteiger partial charge in [-0.2, -0.15) is 0 Å². The molecule has 0 saturated carbocycles. The summed E-state index contributed by atoms with van der Waals surface area (Å²) in [6.45, 7) is 0.712. The highest BCUT2D eigenvalue weighted by Crippen LogP contribution is 2.23. The van der Waals surface area contributed by atoms with Crippen LogP contribution in [0.4, 0.5) is 0 Å². The molecule has 1 aromatic heterocycles. The third-order valence-corrected chi connectivity index (χ3v) is 4.52. The highest BCUT2D eigenvalue weighted by Gasteiger charge is 2.06. The van der Waals surface area contributed by atoms with Crippen LogP contribution in [0.1, 0.15) is 5.56 Å². The largest absolute Gasteiger partial charge is 0.456 e. The highest BCUT2D eigenvalue weighted by molar-refractivity contribution is 6.31. The van der Waals surface area contributed by atoms with Gasteiger partial charge in [0.05, 0.1) is 5.36 Å². The summed E-state index contributed by atoms with van der Waals surface area (Å²) in [4.78, 5) is 4.84. The molecule has 0 aliphatic heterocycles. The minimum Gasteiger partial charge on any atom is -0.456 e. The molecule has 0 fully saturated rings. The van der Waals surface area contributed by atoms with Crippen LogP contribution in [0, 0.1) is 0 Å². The van der Waals surface area contributed by atoms with E-state index in [-0.39, 0.29) is 0 Å². The molecule has 0 spiro atoms. The zero-order valence-electron chi connectivity index (χ0n) is 14.2. The van der Waals surface area contributed by atoms with Crippen LogP contribution in [0.2, 0.25) is 5.02 Å². The Labute approximate surface area is 157 Å². The van der Waals surface area contributed by atoms with Crippen molar-refractivity contribution in [2.24, 2.45) is 4.99 Å². The lowest BCUT2D eigenvalue weighted by atomic mass is 10.1. The van der Waals surface area contributed by atoms with Crippen LogP contribution in [0.3, 0.4) is 0 Å². The molecule has 0 atom stereocenters. The van der Waals surface area contributed by atoms with Gasteiger partial charge in [0, 0.05) is 28.6 Å². The van der Waals surface area contributed by atoms with Gasteiger partial charge in [-0.25, -0.2) is 0 Å². The van der Waals surface area contributed by atoms with Crippen LogP contribution < -0.4 is 5.36 Å². The normalized spacial score (nSPS) is 11.8. The average molecular weight is 360 g/mol. The van der Waals surface area contributed by atoms with Gasteiger partial charge in [-0.1, -0.05) is 72.3 Å². The van der Waals surface area contributed by atoms with E-state index in [1.807, 2.05) is 60.7 Å². The van der Waals surface area contributed by atoms with E-state index in [1.54, 1.807) is 0 Å². The molecule has 3 heteroatoms. The molecule has 0 bridgehead atoms. The summed E-state index contributed by atoms with van der Waals surface area (Å²) >= 11 is 6.19. The van der Waals surface area contributed by atoms with E-state index in [9.17, 15) is 0 Å². The van der Waals surface area contributed by atoms with E-state index in [0.29, 0.717) is 11.6 Å². The Morgan fingerprint density at radius 2 is 1.54 bits per heavy atom. The van der Waals surface area contributed by atoms with Crippen molar-refractivity contribution < 1.29 is 4.42 Å². The molecule has 0 saturated heterocycles.